The zero-order valence-electron chi connectivity index (χ0n) is 9.23. The molecule has 1 saturated carbocycles. The Labute approximate surface area is 102 Å². The van der Waals surface area contributed by atoms with E-state index in [1.165, 1.54) is 30.7 Å². The van der Waals surface area contributed by atoms with Gasteiger partial charge in [0.2, 0.25) is 5.91 Å². The van der Waals surface area contributed by atoms with Crippen molar-refractivity contribution in [2.75, 3.05) is 18.0 Å². The summed E-state index contributed by atoms with van der Waals surface area (Å²) in [4.78, 5) is 29.0. The molecule has 1 heterocycles. The molecular weight excluding hydrogens is 240 g/mol. The molecule has 0 saturated heterocycles. The van der Waals surface area contributed by atoms with E-state index in [1.807, 2.05) is 0 Å². The number of nitrogens with one attached hydrogen (secondary N) is 2. The number of amides is 1. The van der Waals surface area contributed by atoms with E-state index in [-0.39, 0.29) is 23.0 Å². The highest BCUT2D eigenvalue weighted by atomic mass is 32.2. The number of hydrogen-bond donors (Lipinski definition) is 3. The molecule has 4 N–H and O–H groups in total. The third-order valence-corrected chi connectivity index (χ3v) is 3.24. The van der Waals surface area contributed by atoms with Gasteiger partial charge in [0.1, 0.15) is 5.82 Å². The van der Waals surface area contributed by atoms with Crippen molar-refractivity contribution in [3.05, 3.63) is 16.4 Å². The number of hydrogen-bond acceptors (Lipinski definition) is 5. The van der Waals surface area contributed by atoms with Crippen LogP contribution in [0.1, 0.15) is 12.8 Å². The smallest absolute Gasteiger partial charge is 0.253 e. The fourth-order valence-electron chi connectivity index (χ4n) is 1.29. The average molecular weight is 254 g/mol. The maximum atomic E-state index is 11.4. The lowest BCUT2D eigenvalue weighted by molar-refractivity contribution is -0.118. The maximum Gasteiger partial charge on any atom is 0.253 e. The number of aromatic nitrogens is 2. The first-order chi connectivity index (χ1) is 8.13. The summed E-state index contributed by atoms with van der Waals surface area (Å²) in [5.74, 6) is 1.01. The largest absolute Gasteiger partial charge is 0.383 e. The maximum absolute atomic E-state index is 11.4. The molecule has 6 nitrogen and oxygen atoms in total. The molecule has 1 amide bonds. The molecule has 17 heavy (non-hydrogen) atoms. The number of H-pyrrole nitrogens is 1. The Bertz CT molecular complexity index is 470. The zero-order valence-corrected chi connectivity index (χ0v) is 10.0. The van der Waals surface area contributed by atoms with Gasteiger partial charge in [-0.2, -0.15) is 0 Å². The monoisotopic (exact) mass is 254 g/mol. The molecule has 1 aliphatic carbocycles. The van der Waals surface area contributed by atoms with Crippen LogP contribution in [0, 0.1) is 5.92 Å². The van der Waals surface area contributed by atoms with Gasteiger partial charge in [0.25, 0.3) is 5.56 Å². The first kappa shape index (κ1) is 12.0. The predicted octanol–water partition coefficient (Wildman–Crippen LogP) is -0.0296. The van der Waals surface area contributed by atoms with Crippen molar-refractivity contribution in [1.29, 1.82) is 0 Å². The highest BCUT2D eigenvalue weighted by molar-refractivity contribution is 7.99. The van der Waals surface area contributed by atoms with Crippen molar-refractivity contribution in [3.63, 3.8) is 0 Å². The van der Waals surface area contributed by atoms with Crippen molar-refractivity contribution < 1.29 is 4.79 Å². The van der Waals surface area contributed by atoms with E-state index in [4.69, 9.17) is 5.73 Å². The molecule has 0 bridgehead atoms. The second-order valence-corrected chi connectivity index (χ2v) is 4.98. The quantitative estimate of drug-likeness (QED) is 0.506. The van der Waals surface area contributed by atoms with Crippen molar-refractivity contribution >= 4 is 23.5 Å². The summed E-state index contributed by atoms with van der Waals surface area (Å²) in [7, 11) is 0. The van der Waals surface area contributed by atoms with Crippen molar-refractivity contribution in [3.8, 4) is 0 Å². The van der Waals surface area contributed by atoms with E-state index in [9.17, 15) is 9.59 Å². The lowest BCUT2D eigenvalue weighted by Crippen LogP contribution is -2.27. The molecule has 92 valence electrons. The number of thioether (sulfide) groups is 1. The first-order valence-corrected chi connectivity index (χ1v) is 6.38. The summed E-state index contributed by atoms with van der Waals surface area (Å²) < 4.78 is 0. The summed E-state index contributed by atoms with van der Waals surface area (Å²) in [6.45, 7) is 0.750. The number of carbonyl (C=O) groups excluding carboxylic acids is 1. The first-order valence-electron chi connectivity index (χ1n) is 5.40. The Morgan fingerprint density at radius 2 is 2.41 bits per heavy atom. The highest BCUT2D eigenvalue weighted by Gasteiger charge is 2.21. The Balaban J connectivity index is 1.79. The summed E-state index contributed by atoms with van der Waals surface area (Å²) in [5, 5.41) is 3.21. The van der Waals surface area contributed by atoms with Crippen molar-refractivity contribution in [2.45, 2.75) is 18.0 Å². The molecule has 0 aliphatic heterocycles. The van der Waals surface area contributed by atoms with Gasteiger partial charge in [0.15, 0.2) is 5.16 Å². The zero-order chi connectivity index (χ0) is 12.3. The molecule has 1 aromatic rings. The standard InChI is InChI=1S/C10H14N4O2S/c11-7-3-8(15)14-10(13-7)17-5-9(16)12-4-6-1-2-6/h3,6H,1-2,4-5H2,(H,12,16)(H3,11,13,14,15). The molecule has 0 radical (unpaired) electrons. The number of nitrogens with zero attached hydrogens (tertiary/aromatic N) is 1. The molecule has 0 spiro atoms. The minimum absolute atomic E-state index is 0.0491. The van der Waals surface area contributed by atoms with Gasteiger partial charge >= 0.3 is 0 Å². The molecule has 1 aliphatic rings. The van der Waals surface area contributed by atoms with Crippen molar-refractivity contribution in [1.82, 2.24) is 15.3 Å². The molecule has 0 atom stereocenters. The third kappa shape index (κ3) is 4.10. The van der Waals surface area contributed by atoms with Gasteiger partial charge in [-0.05, 0) is 18.8 Å². The van der Waals surface area contributed by atoms with E-state index < -0.39 is 0 Å². The second kappa shape index (κ2) is 5.22. The second-order valence-electron chi connectivity index (χ2n) is 4.01. The molecule has 2 rings (SSSR count). The number of aromatic amines is 1. The topological polar surface area (TPSA) is 101 Å². The van der Waals surface area contributed by atoms with Gasteiger partial charge < -0.3 is 16.0 Å². The van der Waals surface area contributed by atoms with Crippen molar-refractivity contribution in [2.24, 2.45) is 5.92 Å². The minimum atomic E-state index is -0.307. The Morgan fingerprint density at radius 3 is 3.06 bits per heavy atom. The highest BCUT2D eigenvalue weighted by Crippen LogP contribution is 2.27. The molecule has 1 fully saturated rings. The van der Waals surface area contributed by atoms with Gasteiger partial charge in [-0.15, -0.1) is 0 Å². The van der Waals surface area contributed by atoms with Crippen LogP contribution in [-0.2, 0) is 4.79 Å². The SMILES string of the molecule is Nc1cc(=O)[nH]c(SCC(=O)NCC2CC2)n1. The Morgan fingerprint density at radius 1 is 1.65 bits per heavy atom. The Hall–Kier alpha value is -1.50. The summed E-state index contributed by atoms with van der Waals surface area (Å²) >= 11 is 1.17. The summed E-state index contributed by atoms with van der Waals surface area (Å²) in [6.07, 6.45) is 2.41. The van der Waals surface area contributed by atoms with Crippen LogP contribution in [0.3, 0.4) is 0 Å². The lowest BCUT2D eigenvalue weighted by atomic mass is 10.4. The predicted molar refractivity (Wildman–Crippen MR) is 65.7 cm³/mol. The minimum Gasteiger partial charge on any atom is -0.383 e. The van der Waals surface area contributed by atoms with Crippen LogP contribution < -0.4 is 16.6 Å². The normalized spacial score (nSPS) is 14.6. The molecule has 0 aromatic carbocycles. The van der Waals surface area contributed by atoms with Crippen LogP contribution in [0.2, 0.25) is 0 Å². The number of carbonyl (C=O) groups is 1. The Kier molecular flexibility index (Phi) is 3.68. The van der Waals surface area contributed by atoms with Gasteiger partial charge in [-0.25, -0.2) is 4.98 Å². The number of anilines is 1. The fraction of sp³-hybridized carbons (Fsp3) is 0.500. The van der Waals surface area contributed by atoms with Gasteiger partial charge in [0.05, 0.1) is 5.75 Å². The van der Waals surface area contributed by atoms with Crippen LogP contribution in [-0.4, -0.2) is 28.2 Å². The van der Waals surface area contributed by atoms with Gasteiger partial charge in [-0.3, -0.25) is 9.59 Å². The molecule has 1 aromatic heterocycles. The van der Waals surface area contributed by atoms with Crippen LogP contribution >= 0.6 is 11.8 Å². The molecule has 0 unspecified atom stereocenters. The third-order valence-electron chi connectivity index (χ3n) is 2.36. The van der Waals surface area contributed by atoms with Crippen LogP contribution in [0.25, 0.3) is 0 Å². The van der Waals surface area contributed by atoms with Gasteiger partial charge in [-0.1, -0.05) is 11.8 Å². The van der Waals surface area contributed by atoms with E-state index in [0.717, 1.165) is 6.54 Å². The summed E-state index contributed by atoms with van der Waals surface area (Å²) in [5.41, 5.74) is 5.12. The molecule has 7 heteroatoms. The van der Waals surface area contributed by atoms with Crippen LogP contribution in [0.15, 0.2) is 16.0 Å². The summed E-state index contributed by atoms with van der Waals surface area (Å²) in [6, 6.07) is 1.21. The van der Waals surface area contributed by atoms with E-state index in [2.05, 4.69) is 15.3 Å². The van der Waals surface area contributed by atoms with E-state index in [1.54, 1.807) is 0 Å². The fourth-order valence-corrected chi connectivity index (χ4v) is 2.00. The van der Waals surface area contributed by atoms with E-state index in [0.29, 0.717) is 11.1 Å². The molecular formula is C10H14N4O2S. The van der Waals surface area contributed by atoms with Gasteiger partial charge in [0, 0.05) is 12.6 Å². The lowest BCUT2D eigenvalue weighted by Gasteiger charge is -2.03. The van der Waals surface area contributed by atoms with Crippen LogP contribution in [0.5, 0.6) is 0 Å². The average Bonchev–Trinajstić information content (AvgIpc) is 3.06. The van der Waals surface area contributed by atoms with E-state index >= 15 is 0 Å². The van der Waals surface area contributed by atoms with Crippen LogP contribution in [0.4, 0.5) is 5.82 Å². The number of nitrogens with two attached hydrogens (primary N) is 1. The number of rotatable bonds is 5. The number of nitrogen functional groups attached to an aromatic ring is 1.